The first-order chi connectivity index (χ1) is 4.68. The highest BCUT2D eigenvalue weighted by atomic mass is 16.6. The highest BCUT2D eigenvalue weighted by molar-refractivity contribution is 6.13. The predicted molar refractivity (Wildman–Crippen MR) is 32.4 cm³/mol. The van der Waals surface area contributed by atoms with Crippen molar-refractivity contribution in [1.29, 1.82) is 0 Å². The molecule has 0 amide bonds. The molecule has 0 spiro atoms. The number of carboxylic acids is 1. The van der Waals surface area contributed by atoms with Gasteiger partial charge in [0.1, 0.15) is 6.21 Å². The zero-order chi connectivity index (χ0) is 7.98. The van der Waals surface area contributed by atoms with Gasteiger partial charge < -0.3 is 9.94 Å². The van der Waals surface area contributed by atoms with Crippen LogP contribution < -0.4 is 0 Å². The molecule has 1 radical (unpaired) electrons. The Morgan fingerprint density at radius 2 is 2.50 bits per heavy atom. The van der Waals surface area contributed by atoms with E-state index in [1.807, 2.05) is 0 Å². The Bertz CT molecular complexity index is 154. The summed E-state index contributed by atoms with van der Waals surface area (Å²) < 4.78 is 0. The van der Waals surface area contributed by atoms with E-state index in [0.717, 1.165) is 0 Å². The van der Waals surface area contributed by atoms with Gasteiger partial charge in [-0.1, -0.05) is 5.16 Å². The Hall–Kier alpha value is -1.39. The number of nitrogens with zero attached hydrogens (tertiary/aromatic N) is 1. The van der Waals surface area contributed by atoms with Gasteiger partial charge in [0.05, 0.1) is 0 Å². The fourth-order valence-corrected chi connectivity index (χ4v) is 0.188. The number of carbonyl (C=O) groups excluding carboxylic acids is 1. The summed E-state index contributed by atoms with van der Waals surface area (Å²) in [6.45, 7) is 1.30. The third kappa shape index (κ3) is 3.59. The summed E-state index contributed by atoms with van der Waals surface area (Å²) in [5.41, 5.74) is 0. The van der Waals surface area contributed by atoms with Crippen LogP contribution in [0.4, 0.5) is 0 Å². The fraction of sp³-hybridized carbons (Fsp3) is 0.400. The molecule has 55 valence electrons. The number of carboxylic acid groups (broad SMARTS) is 1. The quantitative estimate of drug-likeness (QED) is 0.429. The van der Waals surface area contributed by atoms with Crippen molar-refractivity contribution < 1.29 is 19.5 Å². The summed E-state index contributed by atoms with van der Waals surface area (Å²) >= 11 is 0. The van der Waals surface area contributed by atoms with Crippen molar-refractivity contribution in [3.05, 3.63) is 0 Å². The van der Waals surface area contributed by atoms with Gasteiger partial charge in [-0.25, -0.2) is 4.79 Å². The van der Waals surface area contributed by atoms with E-state index < -0.39 is 12.1 Å². The standard InChI is InChI=1S/C5H6NO4/c1-4(5(8)9)10-6-2-3-7/h2,4H,1H3,(H,8,9)/b6-2-. The third-order valence-electron chi connectivity index (χ3n) is 0.672. The molecule has 1 N–H and O–H groups in total. The predicted octanol–water partition coefficient (Wildman–Crippen LogP) is -0.428. The molecule has 0 bridgehead atoms. The van der Waals surface area contributed by atoms with Crippen molar-refractivity contribution in [2.24, 2.45) is 5.16 Å². The van der Waals surface area contributed by atoms with Crippen LogP contribution in [0, 0.1) is 0 Å². The van der Waals surface area contributed by atoms with Crippen molar-refractivity contribution in [2.75, 3.05) is 0 Å². The first-order valence-corrected chi connectivity index (χ1v) is 2.46. The molecule has 0 aromatic rings. The van der Waals surface area contributed by atoms with Crippen molar-refractivity contribution >= 4 is 18.5 Å². The second kappa shape index (κ2) is 4.49. The molecule has 0 rings (SSSR count). The summed E-state index contributed by atoms with van der Waals surface area (Å²) in [6, 6.07) is 0. The molecular weight excluding hydrogens is 138 g/mol. The van der Waals surface area contributed by atoms with Gasteiger partial charge in [0, 0.05) is 0 Å². The van der Waals surface area contributed by atoms with Gasteiger partial charge in [0.15, 0.2) is 0 Å². The molecule has 0 fully saturated rings. The van der Waals surface area contributed by atoms with E-state index in [2.05, 4.69) is 9.99 Å². The van der Waals surface area contributed by atoms with Crippen LogP contribution in [0.1, 0.15) is 6.92 Å². The van der Waals surface area contributed by atoms with Gasteiger partial charge in [-0.05, 0) is 6.92 Å². The van der Waals surface area contributed by atoms with Crippen LogP contribution in [0.5, 0.6) is 0 Å². The van der Waals surface area contributed by atoms with Crippen molar-refractivity contribution in [1.82, 2.24) is 0 Å². The Morgan fingerprint density at radius 1 is 1.90 bits per heavy atom. The van der Waals surface area contributed by atoms with E-state index in [1.165, 1.54) is 13.2 Å². The largest absolute Gasteiger partial charge is 0.478 e. The van der Waals surface area contributed by atoms with Gasteiger partial charge in [0.25, 0.3) is 0 Å². The van der Waals surface area contributed by atoms with Crippen LogP contribution >= 0.6 is 0 Å². The molecule has 0 aliphatic carbocycles. The summed E-state index contributed by atoms with van der Waals surface area (Å²) in [4.78, 5) is 23.7. The van der Waals surface area contributed by atoms with Crippen LogP contribution in [-0.2, 0) is 14.4 Å². The van der Waals surface area contributed by atoms with Gasteiger partial charge >= 0.3 is 5.97 Å². The highest BCUT2D eigenvalue weighted by Crippen LogP contribution is 1.88. The van der Waals surface area contributed by atoms with Crippen LogP contribution in [0.25, 0.3) is 0 Å². The molecule has 1 atom stereocenters. The normalized spacial score (nSPS) is 12.9. The number of rotatable bonds is 4. The zero-order valence-electron chi connectivity index (χ0n) is 5.27. The first-order valence-electron chi connectivity index (χ1n) is 2.46. The van der Waals surface area contributed by atoms with E-state index in [1.54, 1.807) is 0 Å². The molecule has 5 nitrogen and oxygen atoms in total. The summed E-state index contributed by atoms with van der Waals surface area (Å²) in [7, 11) is 0. The first kappa shape index (κ1) is 8.61. The SMILES string of the molecule is CC(O/N=C\[C]=O)C(=O)O. The third-order valence-corrected chi connectivity index (χ3v) is 0.672. The maximum Gasteiger partial charge on any atom is 0.347 e. The second-order valence-electron chi connectivity index (χ2n) is 1.44. The summed E-state index contributed by atoms with van der Waals surface area (Å²) in [5, 5.41) is 11.2. The average molecular weight is 144 g/mol. The smallest absolute Gasteiger partial charge is 0.347 e. The van der Waals surface area contributed by atoms with E-state index in [4.69, 9.17) is 5.11 Å². The van der Waals surface area contributed by atoms with E-state index >= 15 is 0 Å². The van der Waals surface area contributed by atoms with E-state index in [-0.39, 0.29) is 0 Å². The summed E-state index contributed by atoms with van der Waals surface area (Å²) in [6.07, 6.45) is 0.973. The van der Waals surface area contributed by atoms with Gasteiger partial charge in [-0.15, -0.1) is 0 Å². The number of carbonyl (C=O) groups is 1. The van der Waals surface area contributed by atoms with Crippen molar-refractivity contribution in [2.45, 2.75) is 13.0 Å². The molecule has 10 heavy (non-hydrogen) atoms. The second-order valence-corrected chi connectivity index (χ2v) is 1.44. The minimum Gasteiger partial charge on any atom is -0.478 e. The number of hydrogen-bond acceptors (Lipinski definition) is 4. The van der Waals surface area contributed by atoms with E-state index in [9.17, 15) is 9.59 Å². The van der Waals surface area contributed by atoms with Crippen LogP contribution in [0.2, 0.25) is 0 Å². The van der Waals surface area contributed by atoms with Crippen LogP contribution in [-0.4, -0.2) is 29.7 Å². The average Bonchev–Trinajstić information content (AvgIpc) is 1.88. The Kier molecular flexibility index (Phi) is 3.86. The number of aliphatic carboxylic acids is 1. The summed E-state index contributed by atoms with van der Waals surface area (Å²) in [5.74, 6) is -1.14. The Labute approximate surface area is 57.3 Å². The van der Waals surface area contributed by atoms with Crippen LogP contribution in [0.15, 0.2) is 5.16 Å². The van der Waals surface area contributed by atoms with Gasteiger partial charge in [0.2, 0.25) is 12.4 Å². The minimum atomic E-state index is -1.14. The lowest BCUT2D eigenvalue weighted by Crippen LogP contribution is -2.17. The Balaban J connectivity index is 3.58. The molecule has 0 aliphatic rings. The molecule has 0 saturated heterocycles. The monoisotopic (exact) mass is 144 g/mol. The minimum absolute atomic E-state index is 0.708. The lowest BCUT2D eigenvalue weighted by molar-refractivity contribution is -0.149. The topological polar surface area (TPSA) is 76.0 Å². The lowest BCUT2D eigenvalue weighted by atomic mass is 10.4. The molecule has 0 aromatic carbocycles. The molecular formula is C5H6NO4. The maximum atomic E-state index is 10.00. The number of oxime groups is 1. The fourth-order valence-electron chi connectivity index (χ4n) is 0.188. The van der Waals surface area contributed by atoms with E-state index in [0.29, 0.717) is 6.21 Å². The Morgan fingerprint density at radius 3 is 2.90 bits per heavy atom. The molecule has 0 saturated carbocycles. The van der Waals surface area contributed by atoms with Gasteiger partial charge in [-0.3, -0.25) is 4.79 Å². The zero-order valence-corrected chi connectivity index (χ0v) is 5.27. The molecule has 5 heteroatoms. The molecule has 0 aliphatic heterocycles. The van der Waals surface area contributed by atoms with Crippen molar-refractivity contribution in [3.8, 4) is 0 Å². The highest BCUT2D eigenvalue weighted by Gasteiger charge is 2.09. The van der Waals surface area contributed by atoms with Crippen LogP contribution in [0.3, 0.4) is 0 Å². The van der Waals surface area contributed by atoms with Gasteiger partial charge in [-0.2, -0.15) is 0 Å². The maximum absolute atomic E-state index is 10.00. The number of hydrogen-bond donors (Lipinski definition) is 1. The van der Waals surface area contributed by atoms with Crippen molar-refractivity contribution in [3.63, 3.8) is 0 Å². The molecule has 0 aromatic heterocycles. The molecule has 0 heterocycles. The lowest BCUT2D eigenvalue weighted by Gasteiger charge is -2.00. The molecule has 1 unspecified atom stereocenters.